The maximum Gasteiger partial charge on any atom is 0.229 e. The number of ether oxygens (including phenoxy) is 1. The summed E-state index contributed by atoms with van der Waals surface area (Å²) in [6.45, 7) is 3.98. The van der Waals surface area contributed by atoms with E-state index in [4.69, 9.17) is 4.74 Å². The molecule has 132 valence electrons. The summed E-state index contributed by atoms with van der Waals surface area (Å²) in [4.78, 5) is 16.3. The van der Waals surface area contributed by atoms with Gasteiger partial charge in [0.25, 0.3) is 0 Å². The second-order valence-corrected chi connectivity index (χ2v) is 6.09. The third kappa shape index (κ3) is 4.66. The van der Waals surface area contributed by atoms with Crippen molar-refractivity contribution in [3.8, 4) is 0 Å². The minimum Gasteiger partial charge on any atom is -0.329 e. The normalized spacial score (nSPS) is 18.0. The lowest BCUT2D eigenvalue weighted by Gasteiger charge is -2.39. The Hall–Kier alpha value is -2.21. The number of nitrogens with zero attached hydrogens (tertiary/aromatic N) is 2. The molecular formula is C20H25N3O2. The number of para-hydroxylation sites is 1. The van der Waals surface area contributed by atoms with E-state index in [1.165, 1.54) is 5.56 Å². The maximum absolute atomic E-state index is 12.4. The van der Waals surface area contributed by atoms with Gasteiger partial charge in [-0.2, -0.15) is 0 Å². The first-order chi connectivity index (χ1) is 12.3. The molecule has 1 aliphatic heterocycles. The minimum absolute atomic E-state index is 0.0430. The van der Waals surface area contributed by atoms with Crippen LogP contribution in [-0.4, -0.2) is 37.1 Å². The van der Waals surface area contributed by atoms with Crippen molar-refractivity contribution in [2.24, 2.45) is 0 Å². The minimum atomic E-state index is -0.428. The van der Waals surface area contributed by atoms with Gasteiger partial charge in [-0.25, -0.2) is 0 Å². The molecule has 1 atom stereocenters. The highest BCUT2D eigenvalue weighted by molar-refractivity contribution is 5.93. The zero-order chi connectivity index (χ0) is 17.5. The van der Waals surface area contributed by atoms with E-state index in [1.54, 1.807) is 4.90 Å². The van der Waals surface area contributed by atoms with Crippen molar-refractivity contribution < 1.29 is 9.53 Å². The van der Waals surface area contributed by atoms with Gasteiger partial charge in [-0.15, -0.1) is 0 Å². The number of nitrogens with one attached hydrogen (secondary N) is 1. The van der Waals surface area contributed by atoms with E-state index in [9.17, 15) is 4.79 Å². The predicted octanol–water partition coefficient (Wildman–Crippen LogP) is 2.79. The number of hydrogen-bond donors (Lipinski definition) is 1. The number of hydrogen-bond acceptors (Lipinski definition) is 4. The topological polar surface area (TPSA) is 44.8 Å². The maximum atomic E-state index is 12.4. The molecule has 0 radical (unpaired) electrons. The number of rotatable bonds is 6. The van der Waals surface area contributed by atoms with Crippen LogP contribution >= 0.6 is 0 Å². The summed E-state index contributed by atoms with van der Waals surface area (Å²) in [5, 5.41) is 3.33. The molecular weight excluding hydrogens is 314 g/mol. The van der Waals surface area contributed by atoms with Gasteiger partial charge in [0.1, 0.15) is 6.73 Å². The molecule has 0 spiro atoms. The molecule has 1 N–H and O–H groups in total. The Morgan fingerprint density at radius 1 is 1.16 bits per heavy atom. The second-order valence-electron chi connectivity index (χ2n) is 6.09. The van der Waals surface area contributed by atoms with Gasteiger partial charge in [0, 0.05) is 18.7 Å². The van der Waals surface area contributed by atoms with Crippen LogP contribution in [0.5, 0.6) is 0 Å². The molecule has 0 aliphatic carbocycles. The van der Waals surface area contributed by atoms with Crippen LogP contribution in [0, 0.1) is 0 Å². The lowest BCUT2D eigenvalue weighted by atomic mass is 10.1. The Morgan fingerprint density at radius 2 is 1.84 bits per heavy atom. The van der Waals surface area contributed by atoms with Gasteiger partial charge < -0.3 is 4.74 Å². The van der Waals surface area contributed by atoms with Gasteiger partial charge in [0.15, 0.2) is 6.35 Å². The highest BCUT2D eigenvalue weighted by atomic mass is 16.5. The largest absolute Gasteiger partial charge is 0.329 e. The van der Waals surface area contributed by atoms with Gasteiger partial charge >= 0.3 is 0 Å². The van der Waals surface area contributed by atoms with Gasteiger partial charge in [-0.3, -0.25) is 19.9 Å². The summed E-state index contributed by atoms with van der Waals surface area (Å²) in [5.74, 6) is 0.0430. The molecule has 25 heavy (non-hydrogen) atoms. The van der Waals surface area contributed by atoms with E-state index in [1.807, 2.05) is 43.3 Å². The Labute approximate surface area is 149 Å². The van der Waals surface area contributed by atoms with Crippen LogP contribution in [0.2, 0.25) is 0 Å². The van der Waals surface area contributed by atoms with Crippen LogP contribution in [0.4, 0.5) is 5.69 Å². The Morgan fingerprint density at radius 3 is 2.44 bits per heavy atom. The fourth-order valence-electron chi connectivity index (χ4n) is 2.90. The fourth-order valence-corrected chi connectivity index (χ4v) is 2.90. The highest BCUT2D eigenvalue weighted by Gasteiger charge is 2.28. The molecule has 3 rings (SSSR count). The molecule has 2 aromatic rings. The monoisotopic (exact) mass is 339 g/mol. The zero-order valence-electron chi connectivity index (χ0n) is 14.6. The van der Waals surface area contributed by atoms with Crippen molar-refractivity contribution in [3.05, 3.63) is 66.2 Å². The van der Waals surface area contributed by atoms with Crippen molar-refractivity contribution in [3.63, 3.8) is 0 Å². The third-order valence-corrected chi connectivity index (χ3v) is 4.30. The van der Waals surface area contributed by atoms with Gasteiger partial charge in [-0.1, -0.05) is 55.5 Å². The highest BCUT2D eigenvalue weighted by Crippen LogP contribution is 2.19. The number of benzene rings is 2. The molecule has 1 unspecified atom stereocenters. The zero-order valence-corrected chi connectivity index (χ0v) is 14.6. The quantitative estimate of drug-likeness (QED) is 0.879. The van der Waals surface area contributed by atoms with E-state index in [0.717, 1.165) is 18.7 Å². The molecule has 1 fully saturated rings. The van der Waals surface area contributed by atoms with E-state index in [2.05, 4.69) is 34.5 Å². The first-order valence-corrected chi connectivity index (χ1v) is 8.76. The summed E-state index contributed by atoms with van der Waals surface area (Å²) < 4.78 is 5.94. The summed E-state index contributed by atoms with van der Waals surface area (Å²) in [6.07, 6.45) is 0.990. The van der Waals surface area contributed by atoms with E-state index >= 15 is 0 Å². The number of anilines is 1. The molecule has 0 saturated carbocycles. The standard InChI is InChI=1S/C20H25N3O2/c1-2-19(24)23(18-11-7-4-8-12-18)20-21-15-22(16-25-20)14-13-17-9-5-3-6-10-17/h3-12,20-21H,2,13-16H2,1H3. The van der Waals surface area contributed by atoms with Gasteiger partial charge in [0.05, 0.1) is 6.67 Å². The first kappa shape index (κ1) is 17.6. The van der Waals surface area contributed by atoms with Crippen LogP contribution < -0.4 is 10.2 Å². The number of amides is 1. The van der Waals surface area contributed by atoms with Crippen LogP contribution in [0.25, 0.3) is 0 Å². The lowest BCUT2D eigenvalue weighted by Crippen LogP contribution is -2.58. The Bertz CT molecular complexity index is 655. The van der Waals surface area contributed by atoms with Crippen molar-refractivity contribution in [1.29, 1.82) is 0 Å². The molecule has 0 bridgehead atoms. The van der Waals surface area contributed by atoms with Crippen LogP contribution in [0.3, 0.4) is 0 Å². The molecule has 1 amide bonds. The van der Waals surface area contributed by atoms with Crippen molar-refractivity contribution in [1.82, 2.24) is 10.2 Å². The van der Waals surface area contributed by atoms with E-state index < -0.39 is 6.35 Å². The second kappa shape index (κ2) is 8.76. The average Bonchev–Trinajstić information content (AvgIpc) is 2.69. The molecule has 0 aromatic heterocycles. The molecule has 1 heterocycles. The molecule has 5 heteroatoms. The van der Waals surface area contributed by atoms with Crippen LogP contribution in [0.15, 0.2) is 60.7 Å². The summed E-state index contributed by atoms with van der Waals surface area (Å²) in [7, 11) is 0. The van der Waals surface area contributed by atoms with E-state index in [0.29, 0.717) is 19.8 Å². The Balaban J connectivity index is 1.57. The van der Waals surface area contributed by atoms with Gasteiger partial charge in [0.2, 0.25) is 5.91 Å². The first-order valence-electron chi connectivity index (χ1n) is 8.76. The average molecular weight is 339 g/mol. The van der Waals surface area contributed by atoms with E-state index in [-0.39, 0.29) is 5.91 Å². The molecule has 5 nitrogen and oxygen atoms in total. The molecule has 2 aromatic carbocycles. The number of carbonyl (C=O) groups is 1. The fraction of sp³-hybridized carbons (Fsp3) is 0.350. The summed E-state index contributed by atoms with van der Waals surface area (Å²) in [6, 6.07) is 20.1. The Kier molecular flexibility index (Phi) is 6.17. The molecule has 1 saturated heterocycles. The van der Waals surface area contributed by atoms with Crippen molar-refractivity contribution >= 4 is 11.6 Å². The number of carbonyl (C=O) groups excluding carboxylic acids is 1. The van der Waals surface area contributed by atoms with Crippen LogP contribution in [0.1, 0.15) is 18.9 Å². The smallest absolute Gasteiger partial charge is 0.229 e. The SMILES string of the molecule is CCC(=O)N(c1ccccc1)C1NCN(CCc2ccccc2)CO1. The third-order valence-electron chi connectivity index (χ3n) is 4.30. The van der Waals surface area contributed by atoms with Crippen LogP contribution in [-0.2, 0) is 16.0 Å². The summed E-state index contributed by atoms with van der Waals surface area (Å²) in [5.41, 5.74) is 2.17. The molecule has 1 aliphatic rings. The predicted molar refractivity (Wildman–Crippen MR) is 98.8 cm³/mol. The summed E-state index contributed by atoms with van der Waals surface area (Å²) >= 11 is 0. The van der Waals surface area contributed by atoms with Crippen molar-refractivity contribution in [2.45, 2.75) is 26.1 Å². The van der Waals surface area contributed by atoms with Gasteiger partial charge in [-0.05, 0) is 24.1 Å². The lowest BCUT2D eigenvalue weighted by molar-refractivity contribution is -0.128. The van der Waals surface area contributed by atoms with Crippen molar-refractivity contribution in [2.75, 3.05) is 24.8 Å².